The molecule has 1 heterocycles. The van der Waals surface area contributed by atoms with Crippen molar-refractivity contribution in [2.45, 2.75) is 63.7 Å². The zero-order chi connectivity index (χ0) is 18.5. The molecule has 2 N–H and O–H groups in total. The molecule has 3 atom stereocenters. The zero-order valence-electron chi connectivity index (χ0n) is 17.1. The lowest BCUT2D eigenvalue weighted by Crippen LogP contribution is -2.59. The number of benzene rings is 1. The van der Waals surface area contributed by atoms with Crippen LogP contribution >= 0.6 is 12.4 Å². The molecule has 1 saturated heterocycles. The van der Waals surface area contributed by atoms with E-state index in [1.807, 2.05) is 0 Å². The Morgan fingerprint density at radius 2 is 1.86 bits per heavy atom. The van der Waals surface area contributed by atoms with E-state index >= 15 is 0 Å². The molecule has 4 heteroatoms. The number of halogens is 1. The number of carbonyl (C=O) groups is 1. The normalized spacial score (nSPS) is 38.2. The van der Waals surface area contributed by atoms with Crippen molar-refractivity contribution in [2.24, 2.45) is 23.2 Å². The molecule has 154 valence electrons. The van der Waals surface area contributed by atoms with Crippen LogP contribution in [0.4, 0.5) is 0 Å². The molecule has 1 amide bonds. The third kappa shape index (κ3) is 3.50. The predicted octanol–water partition coefficient (Wildman–Crippen LogP) is 4.37. The topological polar surface area (TPSA) is 41.1 Å². The monoisotopic (exact) mass is 402 g/mol. The van der Waals surface area contributed by atoms with Crippen LogP contribution in [0.2, 0.25) is 0 Å². The highest BCUT2D eigenvalue weighted by molar-refractivity contribution is 5.85. The standard InChI is InChI=1S/C24H34N2O.ClH/c1-17-2-4-21(5-3-17)23-11-19-10-20(12-23)14-24(13-19,16-23)22(27)26-9-7-18-6-8-25-15-18;/h2-5,18-20,25H,6-16H2,1H3,(H,26,27);1H. The summed E-state index contributed by atoms with van der Waals surface area (Å²) >= 11 is 0. The molecule has 4 aliphatic carbocycles. The molecule has 1 aromatic rings. The molecular weight excluding hydrogens is 368 g/mol. The van der Waals surface area contributed by atoms with Gasteiger partial charge in [-0.3, -0.25) is 4.79 Å². The minimum Gasteiger partial charge on any atom is -0.356 e. The van der Waals surface area contributed by atoms with Crippen LogP contribution < -0.4 is 10.6 Å². The Kier molecular flexibility index (Phi) is 5.52. The van der Waals surface area contributed by atoms with Gasteiger partial charge in [0, 0.05) is 6.54 Å². The van der Waals surface area contributed by atoms with Crippen LogP contribution in [-0.4, -0.2) is 25.5 Å². The van der Waals surface area contributed by atoms with E-state index in [9.17, 15) is 4.79 Å². The van der Waals surface area contributed by atoms with Gasteiger partial charge in [-0.1, -0.05) is 29.8 Å². The lowest BCUT2D eigenvalue weighted by molar-refractivity contribution is -0.149. The van der Waals surface area contributed by atoms with Crippen molar-refractivity contribution in [1.29, 1.82) is 0 Å². The first kappa shape index (κ1) is 20.2. The van der Waals surface area contributed by atoms with Gasteiger partial charge in [-0.05, 0) is 100 Å². The Morgan fingerprint density at radius 3 is 2.50 bits per heavy atom. The van der Waals surface area contributed by atoms with Crippen molar-refractivity contribution in [2.75, 3.05) is 19.6 Å². The number of rotatable bonds is 5. The fourth-order valence-electron chi connectivity index (χ4n) is 7.31. The molecule has 28 heavy (non-hydrogen) atoms. The Labute approximate surface area is 175 Å². The Morgan fingerprint density at radius 1 is 1.14 bits per heavy atom. The summed E-state index contributed by atoms with van der Waals surface area (Å²) in [6, 6.07) is 9.22. The molecule has 0 radical (unpaired) electrons. The van der Waals surface area contributed by atoms with Crippen LogP contribution in [0.5, 0.6) is 0 Å². The Bertz CT molecular complexity index is 696. The van der Waals surface area contributed by atoms with Crippen molar-refractivity contribution in [3.05, 3.63) is 35.4 Å². The van der Waals surface area contributed by atoms with Gasteiger partial charge in [-0.2, -0.15) is 0 Å². The first-order valence-electron chi connectivity index (χ1n) is 11.1. The smallest absolute Gasteiger partial charge is 0.226 e. The molecule has 1 aliphatic heterocycles. The number of hydrogen-bond acceptors (Lipinski definition) is 2. The van der Waals surface area contributed by atoms with E-state index in [1.165, 1.54) is 36.8 Å². The van der Waals surface area contributed by atoms with Crippen molar-refractivity contribution in [3.8, 4) is 0 Å². The fraction of sp³-hybridized carbons (Fsp3) is 0.708. The molecule has 5 aliphatic rings. The first-order chi connectivity index (χ1) is 13.1. The maximum atomic E-state index is 13.4. The van der Waals surface area contributed by atoms with Gasteiger partial charge in [-0.15, -0.1) is 12.4 Å². The van der Waals surface area contributed by atoms with Gasteiger partial charge in [0.05, 0.1) is 5.41 Å². The van der Waals surface area contributed by atoms with Crippen molar-refractivity contribution in [3.63, 3.8) is 0 Å². The van der Waals surface area contributed by atoms with Crippen LogP contribution in [0.25, 0.3) is 0 Å². The lowest BCUT2D eigenvalue weighted by atomic mass is 9.42. The number of amides is 1. The largest absolute Gasteiger partial charge is 0.356 e. The van der Waals surface area contributed by atoms with Crippen LogP contribution in [0.1, 0.15) is 62.5 Å². The van der Waals surface area contributed by atoms with Crippen molar-refractivity contribution in [1.82, 2.24) is 10.6 Å². The van der Waals surface area contributed by atoms with E-state index in [1.54, 1.807) is 0 Å². The molecule has 3 nitrogen and oxygen atoms in total. The maximum absolute atomic E-state index is 13.4. The van der Waals surface area contributed by atoms with E-state index in [0.717, 1.165) is 63.1 Å². The lowest BCUT2D eigenvalue weighted by Gasteiger charge is -2.61. The van der Waals surface area contributed by atoms with Gasteiger partial charge in [0.1, 0.15) is 0 Å². The van der Waals surface area contributed by atoms with E-state index in [-0.39, 0.29) is 23.2 Å². The molecule has 0 aromatic heterocycles. The average Bonchev–Trinajstić information content (AvgIpc) is 3.14. The summed E-state index contributed by atoms with van der Waals surface area (Å²) in [7, 11) is 0. The van der Waals surface area contributed by atoms with Gasteiger partial charge >= 0.3 is 0 Å². The van der Waals surface area contributed by atoms with Crippen molar-refractivity contribution < 1.29 is 4.79 Å². The molecule has 6 rings (SSSR count). The van der Waals surface area contributed by atoms with E-state index in [0.29, 0.717) is 5.91 Å². The highest BCUT2D eigenvalue weighted by Gasteiger charge is 2.60. The maximum Gasteiger partial charge on any atom is 0.226 e. The highest BCUT2D eigenvalue weighted by atomic mass is 35.5. The summed E-state index contributed by atoms with van der Waals surface area (Å²) in [4.78, 5) is 13.4. The molecular formula is C24H35ClN2O. The predicted molar refractivity (Wildman–Crippen MR) is 116 cm³/mol. The Hall–Kier alpha value is -1.06. The number of nitrogens with one attached hydrogen (secondary N) is 2. The van der Waals surface area contributed by atoms with Gasteiger partial charge in [-0.25, -0.2) is 0 Å². The summed E-state index contributed by atoms with van der Waals surface area (Å²) in [6.45, 7) is 5.30. The van der Waals surface area contributed by atoms with Gasteiger partial charge < -0.3 is 10.6 Å². The average molecular weight is 403 g/mol. The molecule has 4 bridgehead atoms. The van der Waals surface area contributed by atoms with E-state index < -0.39 is 0 Å². The third-order valence-corrected chi connectivity index (χ3v) is 8.21. The number of carbonyl (C=O) groups excluding carboxylic acids is 1. The summed E-state index contributed by atoms with van der Waals surface area (Å²) in [5.41, 5.74) is 2.99. The van der Waals surface area contributed by atoms with Crippen molar-refractivity contribution >= 4 is 18.3 Å². The SMILES string of the molecule is Cc1ccc(C23CC4CC(CC(C(=O)NCCC5CCNC5)(C4)C2)C3)cc1.Cl. The highest BCUT2D eigenvalue weighted by Crippen LogP contribution is 2.65. The quantitative estimate of drug-likeness (QED) is 0.767. The second kappa shape index (κ2) is 7.65. The molecule has 0 spiro atoms. The molecule has 4 saturated carbocycles. The van der Waals surface area contributed by atoms with Crippen LogP contribution in [0.15, 0.2) is 24.3 Å². The number of aryl methyl sites for hydroxylation is 1. The second-order valence-electron chi connectivity index (χ2n) is 10.3. The van der Waals surface area contributed by atoms with Gasteiger partial charge in [0.2, 0.25) is 5.91 Å². The van der Waals surface area contributed by atoms with Crippen LogP contribution in [0, 0.1) is 30.1 Å². The van der Waals surface area contributed by atoms with E-state index in [2.05, 4.69) is 41.8 Å². The Balaban J connectivity index is 0.00000192. The summed E-state index contributed by atoms with van der Waals surface area (Å²) < 4.78 is 0. The second-order valence-corrected chi connectivity index (χ2v) is 10.3. The van der Waals surface area contributed by atoms with E-state index in [4.69, 9.17) is 0 Å². The van der Waals surface area contributed by atoms with Gasteiger partial charge in [0.25, 0.3) is 0 Å². The zero-order valence-corrected chi connectivity index (χ0v) is 18.0. The minimum absolute atomic E-state index is 0. The summed E-state index contributed by atoms with van der Waals surface area (Å²) in [6.07, 6.45) is 9.70. The number of hydrogen-bond donors (Lipinski definition) is 2. The molecule has 1 aromatic carbocycles. The summed E-state index contributed by atoms with van der Waals surface area (Å²) in [5, 5.41) is 6.81. The fourth-order valence-corrected chi connectivity index (χ4v) is 7.31. The summed E-state index contributed by atoms with van der Waals surface area (Å²) in [5.74, 6) is 2.62. The molecule has 5 fully saturated rings. The van der Waals surface area contributed by atoms with Crippen LogP contribution in [-0.2, 0) is 10.2 Å². The molecule has 3 unspecified atom stereocenters. The third-order valence-electron chi connectivity index (χ3n) is 8.21. The van der Waals surface area contributed by atoms with Gasteiger partial charge in [0.15, 0.2) is 0 Å². The minimum atomic E-state index is -0.0943. The van der Waals surface area contributed by atoms with Crippen LogP contribution in [0.3, 0.4) is 0 Å². The first-order valence-corrected chi connectivity index (χ1v) is 11.1.